The van der Waals surface area contributed by atoms with Gasteiger partial charge in [-0.3, -0.25) is 4.57 Å². The first-order chi connectivity index (χ1) is 14.4. The number of fused-ring (bicyclic) bond motifs is 1. The van der Waals surface area contributed by atoms with Gasteiger partial charge in [-0.15, -0.1) is 0 Å². The monoisotopic (exact) mass is 453 g/mol. The van der Waals surface area contributed by atoms with Crippen molar-refractivity contribution in [3.8, 4) is 0 Å². The van der Waals surface area contributed by atoms with Gasteiger partial charge >= 0.3 is 0 Å². The number of hydrogen-bond acceptors (Lipinski definition) is 10. The zero-order valence-electron chi connectivity index (χ0n) is 15.2. The van der Waals surface area contributed by atoms with E-state index in [0.717, 1.165) is 0 Å². The Bertz CT molecular complexity index is 1090. The molecule has 4 rings (SSSR count). The second-order valence-corrected chi connectivity index (χ2v) is 7.29. The molecule has 0 spiro atoms. The van der Waals surface area contributed by atoms with Gasteiger partial charge in [0.05, 0.1) is 22.9 Å². The largest absolute Gasteiger partial charge is 0.394 e. The number of hydrazone groups is 1. The smallest absolute Gasteiger partial charge is 0.228 e. The van der Waals surface area contributed by atoms with Crippen molar-refractivity contribution in [1.82, 2.24) is 19.5 Å². The van der Waals surface area contributed by atoms with Gasteiger partial charge in [-0.2, -0.15) is 5.10 Å². The van der Waals surface area contributed by atoms with Crippen LogP contribution in [-0.2, 0) is 4.74 Å². The third kappa shape index (κ3) is 3.55. The van der Waals surface area contributed by atoms with E-state index >= 15 is 0 Å². The zero-order chi connectivity index (χ0) is 21.4. The number of aromatic nitrogens is 4. The summed E-state index contributed by atoms with van der Waals surface area (Å²) in [6.07, 6.45) is -2.14. The van der Waals surface area contributed by atoms with Crippen molar-refractivity contribution >= 4 is 52.3 Å². The lowest BCUT2D eigenvalue weighted by Crippen LogP contribution is -2.33. The fourth-order valence-electron chi connectivity index (χ4n) is 3.13. The fraction of sp³-hybridized carbons (Fsp3) is 0.294. The number of imidazole rings is 1. The molecule has 1 saturated heterocycles. The Kier molecular flexibility index (Phi) is 5.73. The number of nitrogen functional groups attached to an aromatic ring is 1. The molecule has 4 atom stereocenters. The predicted molar refractivity (Wildman–Crippen MR) is 110 cm³/mol. The van der Waals surface area contributed by atoms with Crippen LogP contribution in [0.25, 0.3) is 11.2 Å². The third-order valence-electron chi connectivity index (χ3n) is 4.63. The van der Waals surface area contributed by atoms with Gasteiger partial charge in [-0.1, -0.05) is 29.3 Å². The Balaban J connectivity index is 1.74. The van der Waals surface area contributed by atoms with Gasteiger partial charge in [0, 0.05) is 5.56 Å². The molecule has 6 N–H and O–H groups in total. The van der Waals surface area contributed by atoms with E-state index in [1.807, 2.05) is 0 Å². The minimum atomic E-state index is -1.36. The molecular formula is C17H17Cl2N7O4. The summed E-state index contributed by atoms with van der Waals surface area (Å²) < 4.78 is 6.99. The summed E-state index contributed by atoms with van der Waals surface area (Å²) in [6, 6.07) is 5.04. The highest BCUT2D eigenvalue weighted by Gasteiger charge is 2.45. The summed E-state index contributed by atoms with van der Waals surface area (Å²) in [5.74, 6) is 0.207. The van der Waals surface area contributed by atoms with E-state index in [1.54, 1.807) is 18.2 Å². The quantitative estimate of drug-likeness (QED) is 0.277. The maximum atomic E-state index is 10.4. The highest BCUT2D eigenvalue weighted by Crippen LogP contribution is 2.35. The van der Waals surface area contributed by atoms with Gasteiger partial charge in [0.25, 0.3) is 0 Å². The van der Waals surface area contributed by atoms with E-state index in [9.17, 15) is 15.3 Å². The summed E-state index contributed by atoms with van der Waals surface area (Å²) in [5.41, 5.74) is 9.58. The molecular weight excluding hydrogens is 437 g/mol. The first-order valence-electron chi connectivity index (χ1n) is 8.76. The lowest BCUT2D eigenvalue weighted by atomic mass is 10.1. The molecule has 0 unspecified atom stereocenters. The Morgan fingerprint density at radius 1 is 1.23 bits per heavy atom. The standard InChI is InChI=1S/C17H17Cl2N7O4/c18-8-2-1-3-9(19)7(8)4-23-25-17-24-11-14(20)21-6-22-15(11)26(17)16-13(29)12(28)10(5-27)30-16/h1-4,6,10,12-13,16,27-29H,5H2,(H,24,25)(H2,20,21,22)/b23-4-/t10-,12-,13-,16-/m0/s1. The number of aliphatic hydroxyl groups excluding tert-OH is 3. The minimum absolute atomic E-state index is 0.103. The van der Waals surface area contributed by atoms with Crippen LogP contribution < -0.4 is 11.2 Å². The summed E-state index contributed by atoms with van der Waals surface area (Å²) >= 11 is 12.3. The number of rotatable bonds is 5. The normalized spacial score (nSPS) is 24.2. The van der Waals surface area contributed by atoms with Crippen molar-refractivity contribution in [2.24, 2.45) is 5.10 Å². The molecule has 1 aromatic carbocycles. The zero-order valence-corrected chi connectivity index (χ0v) is 16.7. The Morgan fingerprint density at radius 3 is 2.63 bits per heavy atom. The SMILES string of the molecule is Nc1ncnc2c1nc(N/N=C\c1c(Cl)cccc1Cl)n2[C@H]1O[C@@H](CO)[C@H](O)[C@@H]1O. The van der Waals surface area contributed by atoms with Crippen LogP contribution >= 0.6 is 23.2 Å². The average Bonchev–Trinajstić information content (AvgIpc) is 3.22. The van der Waals surface area contributed by atoms with Crippen molar-refractivity contribution < 1.29 is 20.1 Å². The molecule has 3 heterocycles. The van der Waals surface area contributed by atoms with E-state index < -0.39 is 31.1 Å². The van der Waals surface area contributed by atoms with Crippen molar-refractivity contribution in [1.29, 1.82) is 0 Å². The highest BCUT2D eigenvalue weighted by molar-refractivity contribution is 6.38. The fourth-order valence-corrected chi connectivity index (χ4v) is 3.62. The second-order valence-electron chi connectivity index (χ2n) is 6.47. The first kappa shape index (κ1) is 20.7. The van der Waals surface area contributed by atoms with Crippen LogP contribution in [0.1, 0.15) is 11.8 Å². The van der Waals surface area contributed by atoms with Crippen LogP contribution in [0, 0.1) is 0 Å². The van der Waals surface area contributed by atoms with Crippen LogP contribution in [0.2, 0.25) is 10.0 Å². The maximum Gasteiger partial charge on any atom is 0.228 e. The molecule has 0 saturated carbocycles. The topological polar surface area (TPSA) is 164 Å². The van der Waals surface area contributed by atoms with Gasteiger partial charge in [0.2, 0.25) is 5.95 Å². The number of nitrogens with zero attached hydrogens (tertiary/aromatic N) is 5. The van der Waals surface area contributed by atoms with Crippen molar-refractivity contribution in [3.63, 3.8) is 0 Å². The highest BCUT2D eigenvalue weighted by atomic mass is 35.5. The van der Waals surface area contributed by atoms with Crippen LogP contribution in [0.5, 0.6) is 0 Å². The Labute approximate surface area is 179 Å². The molecule has 3 aromatic rings. The van der Waals surface area contributed by atoms with E-state index in [2.05, 4.69) is 25.5 Å². The van der Waals surface area contributed by atoms with Crippen LogP contribution in [0.4, 0.5) is 11.8 Å². The molecule has 0 aliphatic carbocycles. The number of benzene rings is 1. The molecule has 1 aliphatic rings. The predicted octanol–water partition coefficient (Wildman–Crippen LogP) is 0.773. The number of nitrogens with two attached hydrogens (primary N) is 1. The molecule has 13 heteroatoms. The van der Waals surface area contributed by atoms with Crippen LogP contribution in [-0.4, -0.2) is 66.0 Å². The Hall–Kier alpha value is -2.54. The lowest BCUT2D eigenvalue weighted by Gasteiger charge is -2.18. The number of hydrogen-bond donors (Lipinski definition) is 5. The number of ether oxygens (including phenoxy) is 1. The maximum absolute atomic E-state index is 10.4. The Morgan fingerprint density at radius 2 is 1.97 bits per heavy atom. The van der Waals surface area contributed by atoms with Crippen molar-refractivity contribution in [2.75, 3.05) is 17.8 Å². The molecule has 0 bridgehead atoms. The molecule has 1 aliphatic heterocycles. The van der Waals surface area contributed by atoms with Crippen LogP contribution in [0.15, 0.2) is 29.6 Å². The number of nitrogens with one attached hydrogen (secondary N) is 1. The van der Waals surface area contributed by atoms with E-state index in [0.29, 0.717) is 15.6 Å². The van der Waals surface area contributed by atoms with Crippen molar-refractivity contribution in [2.45, 2.75) is 24.5 Å². The lowest BCUT2D eigenvalue weighted by molar-refractivity contribution is -0.0501. The molecule has 2 aromatic heterocycles. The molecule has 11 nitrogen and oxygen atoms in total. The van der Waals surface area contributed by atoms with Crippen LogP contribution in [0.3, 0.4) is 0 Å². The van der Waals surface area contributed by atoms with Gasteiger partial charge in [-0.05, 0) is 12.1 Å². The number of anilines is 2. The summed E-state index contributed by atoms with van der Waals surface area (Å²) in [5, 5.41) is 34.9. The molecule has 1 fully saturated rings. The van der Waals surface area contributed by atoms with E-state index in [-0.39, 0.29) is 22.9 Å². The first-order valence-corrected chi connectivity index (χ1v) is 9.52. The summed E-state index contributed by atoms with van der Waals surface area (Å²) in [4.78, 5) is 12.4. The number of halogens is 2. The van der Waals surface area contributed by atoms with Gasteiger partial charge in [0.1, 0.15) is 24.6 Å². The minimum Gasteiger partial charge on any atom is -0.394 e. The van der Waals surface area contributed by atoms with Gasteiger partial charge < -0.3 is 25.8 Å². The molecule has 30 heavy (non-hydrogen) atoms. The van der Waals surface area contributed by atoms with Crippen molar-refractivity contribution in [3.05, 3.63) is 40.1 Å². The molecule has 0 amide bonds. The molecule has 0 radical (unpaired) electrons. The summed E-state index contributed by atoms with van der Waals surface area (Å²) in [6.45, 7) is -0.482. The third-order valence-corrected chi connectivity index (χ3v) is 5.29. The van der Waals surface area contributed by atoms with E-state index in [1.165, 1.54) is 17.1 Å². The molecule has 158 valence electrons. The van der Waals surface area contributed by atoms with Gasteiger partial charge in [0.15, 0.2) is 23.2 Å². The second kappa shape index (κ2) is 8.30. The summed E-state index contributed by atoms with van der Waals surface area (Å²) in [7, 11) is 0. The van der Waals surface area contributed by atoms with E-state index in [4.69, 9.17) is 33.7 Å². The number of aliphatic hydroxyl groups is 3. The average molecular weight is 454 g/mol. The van der Waals surface area contributed by atoms with Gasteiger partial charge in [-0.25, -0.2) is 20.4 Å².